The van der Waals surface area contributed by atoms with Gasteiger partial charge in [0, 0.05) is 5.56 Å². The van der Waals surface area contributed by atoms with Crippen LogP contribution in [0.25, 0.3) is 0 Å². The lowest BCUT2D eigenvalue weighted by Gasteiger charge is -2.36. The summed E-state index contributed by atoms with van der Waals surface area (Å²) in [5, 5.41) is 0. The quantitative estimate of drug-likeness (QED) is 0.831. The molecule has 1 nitrogen and oxygen atoms in total. The first-order valence-corrected chi connectivity index (χ1v) is 7.20. The number of rotatable bonds is 3. The van der Waals surface area contributed by atoms with Gasteiger partial charge in [-0.2, -0.15) is 0 Å². The summed E-state index contributed by atoms with van der Waals surface area (Å²) in [7, 11) is 0. The lowest BCUT2D eigenvalue weighted by molar-refractivity contribution is 0.193. The highest BCUT2D eigenvalue weighted by Crippen LogP contribution is 2.39. The SMILES string of the molecule is NCC1(Cc2c(F)ccc(Br)c2F)CCCCC1. The summed E-state index contributed by atoms with van der Waals surface area (Å²) in [4.78, 5) is 0. The third kappa shape index (κ3) is 2.75. The van der Waals surface area contributed by atoms with Gasteiger partial charge in [-0.15, -0.1) is 0 Å². The van der Waals surface area contributed by atoms with Gasteiger partial charge in [-0.3, -0.25) is 0 Å². The van der Waals surface area contributed by atoms with E-state index in [1.165, 1.54) is 18.6 Å². The number of benzene rings is 1. The Labute approximate surface area is 115 Å². The van der Waals surface area contributed by atoms with E-state index in [4.69, 9.17) is 5.73 Å². The lowest BCUT2D eigenvalue weighted by Crippen LogP contribution is -2.35. The zero-order valence-electron chi connectivity index (χ0n) is 10.3. The Hall–Kier alpha value is -0.480. The van der Waals surface area contributed by atoms with E-state index in [1.54, 1.807) is 0 Å². The number of nitrogens with two attached hydrogens (primary N) is 1. The predicted molar refractivity (Wildman–Crippen MR) is 72.3 cm³/mol. The second-order valence-electron chi connectivity index (χ2n) is 5.26. The van der Waals surface area contributed by atoms with Gasteiger partial charge in [-0.05, 0) is 59.3 Å². The Bertz CT molecular complexity index is 428. The first kappa shape index (κ1) is 13.9. The second kappa shape index (κ2) is 5.66. The zero-order valence-corrected chi connectivity index (χ0v) is 11.9. The molecular weight excluding hydrogens is 300 g/mol. The van der Waals surface area contributed by atoms with Crippen LogP contribution in [-0.4, -0.2) is 6.54 Å². The van der Waals surface area contributed by atoms with Crippen LogP contribution in [0, 0.1) is 17.0 Å². The van der Waals surface area contributed by atoms with Gasteiger partial charge in [0.2, 0.25) is 0 Å². The summed E-state index contributed by atoms with van der Waals surface area (Å²) >= 11 is 3.11. The fourth-order valence-corrected chi connectivity index (χ4v) is 3.23. The molecule has 0 amide bonds. The molecule has 1 aromatic rings. The van der Waals surface area contributed by atoms with Crippen molar-refractivity contribution in [3.63, 3.8) is 0 Å². The standard InChI is InChI=1S/C14H18BrF2N/c15-11-4-5-12(16)10(13(11)17)8-14(9-18)6-2-1-3-7-14/h4-5H,1-3,6-9,18H2. The van der Waals surface area contributed by atoms with Crippen molar-refractivity contribution in [3.05, 3.63) is 33.8 Å². The van der Waals surface area contributed by atoms with E-state index < -0.39 is 11.6 Å². The largest absolute Gasteiger partial charge is 0.330 e. The highest BCUT2D eigenvalue weighted by molar-refractivity contribution is 9.10. The van der Waals surface area contributed by atoms with Crippen molar-refractivity contribution in [1.82, 2.24) is 0 Å². The third-order valence-corrected chi connectivity index (χ3v) is 4.65. The Morgan fingerprint density at radius 1 is 1.17 bits per heavy atom. The fraction of sp³-hybridized carbons (Fsp3) is 0.571. The van der Waals surface area contributed by atoms with Crippen molar-refractivity contribution in [3.8, 4) is 0 Å². The van der Waals surface area contributed by atoms with Crippen molar-refractivity contribution in [2.75, 3.05) is 6.54 Å². The fourth-order valence-electron chi connectivity index (χ4n) is 2.86. The van der Waals surface area contributed by atoms with E-state index in [2.05, 4.69) is 15.9 Å². The van der Waals surface area contributed by atoms with E-state index >= 15 is 0 Å². The van der Waals surface area contributed by atoms with Gasteiger partial charge in [0.05, 0.1) is 4.47 Å². The maximum Gasteiger partial charge on any atom is 0.143 e. The van der Waals surface area contributed by atoms with Crippen LogP contribution in [0.5, 0.6) is 0 Å². The maximum absolute atomic E-state index is 14.0. The van der Waals surface area contributed by atoms with Crippen LogP contribution in [0.2, 0.25) is 0 Å². The average Bonchev–Trinajstić information content (AvgIpc) is 2.40. The molecule has 0 unspecified atom stereocenters. The Kier molecular flexibility index (Phi) is 4.38. The summed E-state index contributed by atoms with van der Waals surface area (Å²) in [5.74, 6) is -0.942. The molecule has 18 heavy (non-hydrogen) atoms. The molecule has 0 heterocycles. The van der Waals surface area contributed by atoms with Crippen LogP contribution < -0.4 is 5.73 Å². The molecule has 0 atom stereocenters. The molecule has 100 valence electrons. The van der Waals surface area contributed by atoms with Gasteiger partial charge in [0.15, 0.2) is 0 Å². The molecule has 1 aliphatic carbocycles. The van der Waals surface area contributed by atoms with Crippen molar-refractivity contribution < 1.29 is 8.78 Å². The molecule has 1 fully saturated rings. The van der Waals surface area contributed by atoms with Gasteiger partial charge in [-0.1, -0.05) is 19.3 Å². The molecule has 2 rings (SSSR count). The number of halogens is 3. The van der Waals surface area contributed by atoms with Gasteiger partial charge in [0.25, 0.3) is 0 Å². The van der Waals surface area contributed by atoms with Crippen LogP contribution in [0.15, 0.2) is 16.6 Å². The summed E-state index contributed by atoms with van der Waals surface area (Å²) in [6.45, 7) is 0.498. The predicted octanol–water partition coefficient (Wildman–Crippen LogP) is 4.18. The van der Waals surface area contributed by atoms with Crippen LogP contribution >= 0.6 is 15.9 Å². The third-order valence-electron chi connectivity index (χ3n) is 4.04. The molecule has 1 saturated carbocycles. The van der Waals surface area contributed by atoms with Gasteiger partial charge in [-0.25, -0.2) is 8.78 Å². The molecule has 0 aromatic heterocycles. The van der Waals surface area contributed by atoms with Gasteiger partial charge < -0.3 is 5.73 Å². The summed E-state index contributed by atoms with van der Waals surface area (Å²) in [5.41, 5.74) is 5.92. The lowest BCUT2D eigenvalue weighted by atomic mass is 9.70. The van der Waals surface area contributed by atoms with Crippen LogP contribution in [0.3, 0.4) is 0 Å². The first-order chi connectivity index (χ1) is 8.58. The van der Waals surface area contributed by atoms with Crippen LogP contribution in [-0.2, 0) is 6.42 Å². The van der Waals surface area contributed by atoms with Crippen molar-refractivity contribution in [2.24, 2.45) is 11.1 Å². The van der Waals surface area contributed by atoms with E-state index in [0.29, 0.717) is 17.4 Å². The molecule has 0 aliphatic heterocycles. The van der Waals surface area contributed by atoms with E-state index in [1.807, 2.05) is 0 Å². The molecule has 4 heteroatoms. The normalized spacial score (nSPS) is 18.9. The number of hydrogen-bond acceptors (Lipinski definition) is 1. The highest BCUT2D eigenvalue weighted by Gasteiger charge is 2.33. The Morgan fingerprint density at radius 3 is 2.44 bits per heavy atom. The molecule has 0 spiro atoms. The molecule has 0 saturated heterocycles. The highest BCUT2D eigenvalue weighted by atomic mass is 79.9. The van der Waals surface area contributed by atoms with Crippen molar-refractivity contribution >= 4 is 15.9 Å². The molecule has 0 radical (unpaired) electrons. The molecule has 1 aromatic carbocycles. The second-order valence-corrected chi connectivity index (χ2v) is 6.12. The minimum absolute atomic E-state index is 0.124. The van der Waals surface area contributed by atoms with Crippen molar-refractivity contribution in [1.29, 1.82) is 0 Å². The minimum Gasteiger partial charge on any atom is -0.330 e. The zero-order chi connectivity index (χ0) is 13.2. The summed E-state index contributed by atoms with van der Waals surface area (Å²) in [6.07, 6.45) is 5.75. The van der Waals surface area contributed by atoms with Crippen LogP contribution in [0.1, 0.15) is 37.7 Å². The summed E-state index contributed by atoms with van der Waals surface area (Å²) in [6, 6.07) is 2.72. The number of hydrogen-bond donors (Lipinski definition) is 1. The Morgan fingerprint density at radius 2 is 1.83 bits per heavy atom. The van der Waals surface area contributed by atoms with E-state index in [9.17, 15) is 8.78 Å². The van der Waals surface area contributed by atoms with Crippen LogP contribution in [0.4, 0.5) is 8.78 Å². The summed E-state index contributed by atoms with van der Waals surface area (Å²) < 4.78 is 28.1. The first-order valence-electron chi connectivity index (χ1n) is 6.40. The molecule has 1 aliphatic rings. The minimum atomic E-state index is -0.478. The van der Waals surface area contributed by atoms with Gasteiger partial charge >= 0.3 is 0 Å². The smallest absolute Gasteiger partial charge is 0.143 e. The van der Waals surface area contributed by atoms with Gasteiger partial charge in [0.1, 0.15) is 11.6 Å². The Balaban J connectivity index is 2.29. The average molecular weight is 318 g/mol. The molecular formula is C14H18BrF2N. The molecule has 2 N–H and O–H groups in total. The molecule has 0 bridgehead atoms. The topological polar surface area (TPSA) is 26.0 Å². The van der Waals surface area contributed by atoms with Crippen molar-refractivity contribution in [2.45, 2.75) is 38.5 Å². The van der Waals surface area contributed by atoms with E-state index in [-0.39, 0.29) is 11.0 Å². The monoisotopic (exact) mass is 317 g/mol. The maximum atomic E-state index is 14.0. The van der Waals surface area contributed by atoms with E-state index in [0.717, 1.165) is 25.7 Å².